The minimum atomic E-state index is -1.15. The lowest BCUT2D eigenvalue weighted by atomic mass is 9.54. The van der Waals surface area contributed by atoms with Gasteiger partial charge in [-0.3, -0.25) is 14.5 Å². The topological polar surface area (TPSA) is 87.1 Å². The molecule has 1 aliphatic carbocycles. The zero-order valence-electron chi connectivity index (χ0n) is 18.1. The van der Waals surface area contributed by atoms with Crippen molar-refractivity contribution in [3.63, 3.8) is 0 Å². The Kier molecular flexibility index (Phi) is 5.18. The van der Waals surface area contributed by atoms with Gasteiger partial charge in [0.15, 0.2) is 0 Å². The average Bonchev–Trinajstić information content (AvgIpc) is 3.03. The molecule has 2 heterocycles. The van der Waals surface area contributed by atoms with Crippen molar-refractivity contribution in [2.45, 2.75) is 32.8 Å². The molecular weight excluding hydrogens is 405 g/mol. The summed E-state index contributed by atoms with van der Waals surface area (Å²) in [5, 5.41) is 20.9. The van der Waals surface area contributed by atoms with E-state index in [1.54, 1.807) is 30.3 Å². The van der Waals surface area contributed by atoms with E-state index in [1.165, 1.54) is 4.90 Å². The molecule has 2 saturated heterocycles. The molecule has 3 aliphatic rings. The molecule has 4 atom stereocenters. The molecule has 2 aromatic carbocycles. The van der Waals surface area contributed by atoms with Crippen LogP contribution in [0.3, 0.4) is 0 Å². The summed E-state index contributed by atoms with van der Waals surface area (Å²) in [6, 6.07) is 15.8. The second-order valence-corrected chi connectivity index (χ2v) is 9.23. The Morgan fingerprint density at radius 2 is 1.78 bits per heavy atom. The summed E-state index contributed by atoms with van der Waals surface area (Å²) >= 11 is 0. The quantitative estimate of drug-likeness (QED) is 0.572. The molecule has 2 aliphatic heterocycles. The van der Waals surface area contributed by atoms with E-state index in [2.05, 4.69) is 0 Å². The maximum absolute atomic E-state index is 13.6. The number of para-hydroxylation sites is 1. The van der Waals surface area contributed by atoms with Crippen LogP contribution < -0.4 is 4.90 Å². The van der Waals surface area contributed by atoms with Gasteiger partial charge in [-0.15, -0.1) is 0 Å². The van der Waals surface area contributed by atoms with Gasteiger partial charge in [-0.25, -0.2) is 0 Å². The van der Waals surface area contributed by atoms with Gasteiger partial charge in [0.05, 0.1) is 23.6 Å². The van der Waals surface area contributed by atoms with E-state index >= 15 is 0 Å². The highest BCUT2D eigenvalue weighted by molar-refractivity contribution is 6.53. The number of phenols is 1. The number of benzene rings is 2. The normalized spacial score (nSPS) is 27.8. The molecule has 2 amide bonds. The van der Waals surface area contributed by atoms with Gasteiger partial charge in [0.1, 0.15) is 5.75 Å². The first-order chi connectivity index (χ1) is 15.4. The number of hydrogen-bond acceptors (Lipinski definition) is 5. The molecule has 164 valence electrons. The molecule has 5 rings (SSSR count). The van der Waals surface area contributed by atoms with Gasteiger partial charge in [-0.05, 0) is 60.0 Å². The van der Waals surface area contributed by atoms with E-state index in [4.69, 9.17) is 4.65 Å². The van der Waals surface area contributed by atoms with Crippen molar-refractivity contribution in [3.05, 3.63) is 71.2 Å². The third-order valence-corrected chi connectivity index (χ3v) is 7.10. The Balaban J connectivity index is 1.57. The number of carbonyl (C=O) groups is 2. The van der Waals surface area contributed by atoms with Gasteiger partial charge in [0, 0.05) is 0 Å². The number of aromatic hydroxyl groups is 1. The number of imide groups is 1. The summed E-state index contributed by atoms with van der Waals surface area (Å²) < 4.78 is 5.98. The molecule has 0 radical (unpaired) electrons. The van der Waals surface area contributed by atoms with Crippen molar-refractivity contribution in [1.29, 1.82) is 0 Å². The molecule has 7 heteroatoms. The van der Waals surface area contributed by atoms with Gasteiger partial charge in [0.2, 0.25) is 11.8 Å². The Morgan fingerprint density at radius 1 is 1.03 bits per heavy atom. The highest BCUT2D eigenvalue weighted by Crippen LogP contribution is 2.53. The molecule has 0 bridgehead atoms. The van der Waals surface area contributed by atoms with Crippen molar-refractivity contribution in [2.75, 3.05) is 4.90 Å². The molecule has 0 aromatic heterocycles. The lowest BCUT2D eigenvalue weighted by Crippen LogP contribution is -2.45. The first kappa shape index (κ1) is 21.0. The lowest BCUT2D eigenvalue weighted by Gasteiger charge is -2.43. The monoisotopic (exact) mass is 431 g/mol. The van der Waals surface area contributed by atoms with Crippen LogP contribution in [0.1, 0.15) is 38.4 Å². The van der Waals surface area contributed by atoms with Crippen LogP contribution in [0.5, 0.6) is 5.75 Å². The van der Waals surface area contributed by atoms with Crippen molar-refractivity contribution in [1.82, 2.24) is 0 Å². The van der Waals surface area contributed by atoms with Crippen LogP contribution >= 0.6 is 0 Å². The first-order valence-corrected chi connectivity index (χ1v) is 11.1. The van der Waals surface area contributed by atoms with Gasteiger partial charge in [-0.2, -0.15) is 0 Å². The highest BCUT2D eigenvalue weighted by Gasteiger charge is 2.58. The summed E-state index contributed by atoms with van der Waals surface area (Å²) in [6.45, 7) is 4.09. The molecule has 6 nitrogen and oxygen atoms in total. The number of allylic oxidation sites excluding steroid dienone is 2. The second kappa shape index (κ2) is 7.91. The standard InChI is InChI=1S/C25H26BNO5/c1-14(2)18-12-20-22(25(30)27(24(20)29)16-8-4-3-5-9-16)19-13-21(32-26(31)23(18)19)15-7-6-10-17(28)11-15/h3-11,14,19-22,28,31H,12-13H2,1-2H3/t19-,20-,21-,22+/m0/s1. The van der Waals surface area contributed by atoms with Crippen molar-refractivity contribution < 1.29 is 24.4 Å². The molecule has 0 saturated carbocycles. The number of anilines is 1. The van der Waals surface area contributed by atoms with E-state index in [-0.39, 0.29) is 29.4 Å². The molecule has 2 fully saturated rings. The summed E-state index contributed by atoms with van der Waals surface area (Å²) in [6.07, 6.45) is 0.445. The SMILES string of the molecule is CC(C)C1=C2B(O)O[C@H](c3cccc(O)c3)C[C@H]2[C@H]2C(=O)N(c3ccccc3)C(=O)[C@H]2C1. The Labute approximate surface area is 187 Å². The van der Waals surface area contributed by atoms with E-state index in [9.17, 15) is 19.7 Å². The fourth-order valence-corrected chi connectivity index (χ4v) is 5.67. The third kappa shape index (κ3) is 3.27. The predicted octanol–water partition coefficient (Wildman–Crippen LogP) is 3.65. The molecular formula is C25H26BNO5. The van der Waals surface area contributed by atoms with E-state index < -0.39 is 25.1 Å². The molecule has 32 heavy (non-hydrogen) atoms. The number of nitrogens with zero attached hydrogens (tertiary/aromatic N) is 1. The Morgan fingerprint density at radius 3 is 2.47 bits per heavy atom. The third-order valence-electron chi connectivity index (χ3n) is 7.10. The second-order valence-electron chi connectivity index (χ2n) is 9.23. The number of amides is 2. The lowest BCUT2D eigenvalue weighted by molar-refractivity contribution is -0.123. The first-order valence-electron chi connectivity index (χ1n) is 11.1. The predicted molar refractivity (Wildman–Crippen MR) is 120 cm³/mol. The number of hydrogen-bond donors (Lipinski definition) is 2. The number of carbonyl (C=O) groups excluding carboxylic acids is 2. The van der Waals surface area contributed by atoms with Crippen LogP contribution in [0.4, 0.5) is 5.69 Å². The number of fused-ring (bicyclic) bond motifs is 3. The van der Waals surface area contributed by atoms with Gasteiger partial charge < -0.3 is 14.8 Å². The molecule has 0 unspecified atom stereocenters. The average molecular weight is 431 g/mol. The van der Waals surface area contributed by atoms with Crippen molar-refractivity contribution in [2.24, 2.45) is 23.7 Å². The Hall–Kier alpha value is -2.90. The molecule has 0 spiro atoms. The van der Waals surface area contributed by atoms with Crippen molar-refractivity contribution >= 4 is 24.6 Å². The van der Waals surface area contributed by atoms with Crippen molar-refractivity contribution in [3.8, 4) is 5.75 Å². The van der Waals surface area contributed by atoms with Crippen LogP contribution in [-0.4, -0.2) is 29.1 Å². The minimum absolute atomic E-state index is 0.119. The summed E-state index contributed by atoms with van der Waals surface area (Å²) in [5.74, 6) is -1.40. The Bertz CT molecular complexity index is 1100. The van der Waals surface area contributed by atoms with E-state index in [0.29, 0.717) is 18.5 Å². The smallest absolute Gasteiger partial charge is 0.487 e. The van der Waals surface area contributed by atoms with Crippen LogP contribution in [0.25, 0.3) is 0 Å². The number of phenolic OH excluding ortho intramolecular Hbond substituents is 1. The van der Waals surface area contributed by atoms with Gasteiger partial charge in [0.25, 0.3) is 0 Å². The van der Waals surface area contributed by atoms with E-state index in [0.717, 1.165) is 16.6 Å². The molecule has 2 N–H and O–H groups in total. The van der Waals surface area contributed by atoms with Crippen LogP contribution in [0, 0.1) is 23.7 Å². The summed E-state index contributed by atoms with van der Waals surface area (Å²) in [5.41, 5.74) is 3.09. The van der Waals surface area contributed by atoms with E-state index in [1.807, 2.05) is 38.1 Å². The maximum Gasteiger partial charge on any atom is 0.487 e. The largest absolute Gasteiger partial charge is 0.508 e. The maximum atomic E-state index is 13.6. The fourth-order valence-electron chi connectivity index (χ4n) is 5.67. The van der Waals surface area contributed by atoms with Gasteiger partial charge in [-0.1, -0.05) is 49.8 Å². The van der Waals surface area contributed by atoms with Crippen LogP contribution in [0.15, 0.2) is 65.6 Å². The van der Waals surface area contributed by atoms with Crippen LogP contribution in [-0.2, 0) is 14.2 Å². The summed E-state index contributed by atoms with van der Waals surface area (Å²) in [4.78, 5) is 28.4. The highest BCUT2D eigenvalue weighted by atomic mass is 16.5. The zero-order chi connectivity index (χ0) is 22.6. The van der Waals surface area contributed by atoms with Gasteiger partial charge >= 0.3 is 7.12 Å². The minimum Gasteiger partial charge on any atom is -0.508 e. The molecule has 2 aromatic rings. The number of rotatable bonds is 3. The van der Waals surface area contributed by atoms with Crippen LogP contribution in [0.2, 0.25) is 0 Å². The zero-order valence-corrected chi connectivity index (χ0v) is 18.1. The summed E-state index contributed by atoms with van der Waals surface area (Å²) in [7, 11) is -1.15. The fraction of sp³-hybridized carbons (Fsp3) is 0.360.